The maximum Gasteiger partial charge on any atom is 0.314 e. The summed E-state index contributed by atoms with van der Waals surface area (Å²) < 4.78 is 5.06. The maximum absolute atomic E-state index is 11.1. The maximum atomic E-state index is 11.1. The Bertz CT molecular complexity index is 394. The molecule has 1 aromatic rings. The lowest BCUT2D eigenvalue weighted by Crippen LogP contribution is -2.07. The molecule has 0 aliphatic rings. The largest absolute Gasteiger partial charge is 0.426 e. The van der Waals surface area contributed by atoms with E-state index in [0.717, 1.165) is 17.4 Å². The monoisotopic (exact) mass is 205 g/mol. The lowest BCUT2D eigenvalue weighted by molar-refractivity contribution is -0.130. The third kappa shape index (κ3) is 2.65. The van der Waals surface area contributed by atoms with Gasteiger partial charge in [0.15, 0.2) is 0 Å². The van der Waals surface area contributed by atoms with Crippen molar-refractivity contribution in [2.45, 2.75) is 20.8 Å². The molecule has 3 nitrogen and oxygen atoms in total. The molecule has 0 spiro atoms. The number of esters is 1. The molecule has 0 N–H and O–H groups in total. The number of aryl methyl sites for hydroxylation is 2. The van der Waals surface area contributed by atoms with E-state index in [0.29, 0.717) is 11.3 Å². The second-order valence-corrected chi connectivity index (χ2v) is 3.30. The van der Waals surface area contributed by atoms with Crippen molar-refractivity contribution in [3.05, 3.63) is 35.2 Å². The number of rotatable bonds is 3. The molecule has 1 radical (unpaired) electrons. The SMILES string of the molecule is C[CH]C(=O)Oc1cc(C)c(C=O)cc1C. The molecule has 15 heavy (non-hydrogen) atoms. The van der Waals surface area contributed by atoms with E-state index in [2.05, 4.69) is 0 Å². The van der Waals surface area contributed by atoms with E-state index in [9.17, 15) is 9.59 Å². The molecule has 1 aromatic carbocycles. The third-order valence-corrected chi connectivity index (χ3v) is 2.14. The van der Waals surface area contributed by atoms with Crippen LogP contribution in [-0.2, 0) is 4.79 Å². The first-order valence-corrected chi connectivity index (χ1v) is 4.66. The third-order valence-electron chi connectivity index (χ3n) is 2.14. The quantitative estimate of drug-likeness (QED) is 0.432. The van der Waals surface area contributed by atoms with Gasteiger partial charge in [-0.2, -0.15) is 0 Å². The van der Waals surface area contributed by atoms with Crippen LogP contribution in [0.25, 0.3) is 0 Å². The Balaban J connectivity index is 3.05. The molecule has 0 atom stereocenters. The van der Waals surface area contributed by atoms with Crippen molar-refractivity contribution >= 4 is 12.3 Å². The van der Waals surface area contributed by atoms with Crippen molar-refractivity contribution in [2.75, 3.05) is 0 Å². The average molecular weight is 205 g/mol. The van der Waals surface area contributed by atoms with Crippen molar-refractivity contribution in [3.63, 3.8) is 0 Å². The van der Waals surface area contributed by atoms with Crippen molar-refractivity contribution in [2.24, 2.45) is 0 Å². The van der Waals surface area contributed by atoms with Crippen LogP contribution < -0.4 is 4.74 Å². The molecular formula is C12H13O3. The molecule has 3 heteroatoms. The Hall–Kier alpha value is -1.64. The van der Waals surface area contributed by atoms with Crippen molar-refractivity contribution in [1.82, 2.24) is 0 Å². The molecular weight excluding hydrogens is 192 g/mol. The Morgan fingerprint density at radius 2 is 1.93 bits per heavy atom. The van der Waals surface area contributed by atoms with E-state index in [1.807, 2.05) is 0 Å². The fourth-order valence-corrected chi connectivity index (χ4v) is 1.22. The Labute approximate surface area is 89.1 Å². The molecule has 0 heterocycles. The van der Waals surface area contributed by atoms with E-state index < -0.39 is 5.97 Å². The molecule has 0 fully saturated rings. The van der Waals surface area contributed by atoms with Gasteiger partial charge in [0.25, 0.3) is 0 Å². The first kappa shape index (κ1) is 11.4. The number of benzene rings is 1. The zero-order chi connectivity index (χ0) is 11.4. The van der Waals surface area contributed by atoms with E-state index in [4.69, 9.17) is 4.74 Å². The summed E-state index contributed by atoms with van der Waals surface area (Å²) >= 11 is 0. The van der Waals surface area contributed by atoms with Crippen molar-refractivity contribution < 1.29 is 14.3 Å². The van der Waals surface area contributed by atoms with Gasteiger partial charge in [0, 0.05) is 5.56 Å². The Kier molecular flexibility index (Phi) is 3.61. The molecule has 1 rings (SSSR count). The smallest absolute Gasteiger partial charge is 0.314 e. The van der Waals surface area contributed by atoms with Gasteiger partial charge in [-0.15, -0.1) is 0 Å². The molecule has 79 valence electrons. The molecule has 0 aliphatic carbocycles. The van der Waals surface area contributed by atoms with Gasteiger partial charge in [-0.3, -0.25) is 9.59 Å². The minimum Gasteiger partial charge on any atom is -0.426 e. The molecule has 0 aliphatic heterocycles. The molecule has 0 amide bonds. The van der Waals surface area contributed by atoms with Gasteiger partial charge >= 0.3 is 5.97 Å². The highest BCUT2D eigenvalue weighted by molar-refractivity contribution is 5.82. The number of carbonyl (C=O) groups excluding carboxylic acids is 2. The van der Waals surface area contributed by atoms with Gasteiger partial charge in [0.1, 0.15) is 12.0 Å². The number of carbonyl (C=O) groups is 2. The average Bonchev–Trinajstić information content (AvgIpc) is 2.22. The summed E-state index contributed by atoms with van der Waals surface area (Å²) in [7, 11) is 0. The fourth-order valence-electron chi connectivity index (χ4n) is 1.22. The second-order valence-electron chi connectivity index (χ2n) is 3.30. The lowest BCUT2D eigenvalue weighted by Gasteiger charge is -2.08. The summed E-state index contributed by atoms with van der Waals surface area (Å²) in [6.07, 6.45) is 2.14. The zero-order valence-electron chi connectivity index (χ0n) is 9.03. The fraction of sp³-hybridized carbons (Fsp3) is 0.250. The summed E-state index contributed by atoms with van der Waals surface area (Å²) in [6.45, 7) is 5.21. The predicted octanol–water partition coefficient (Wildman–Crippen LogP) is 2.25. The Morgan fingerprint density at radius 3 is 2.47 bits per heavy atom. The molecule has 0 saturated carbocycles. The van der Waals surface area contributed by atoms with Crippen LogP contribution in [0.4, 0.5) is 0 Å². The summed E-state index contributed by atoms with van der Waals surface area (Å²) in [6, 6.07) is 3.40. The van der Waals surface area contributed by atoms with Gasteiger partial charge in [0.2, 0.25) is 0 Å². The van der Waals surface area contributed by atoms with Crippen molar-refractivity contribution in [1.29, 1.82) is 0 Å². The van der Waals surface area contributed by atoms with Crippen LogP contribution in [0.15, 0.2) is 12.1 Å². The van der Waals surface area contributed by atoms with E-state index in [1.54, 1.807) is 32.9 Å². The second kappa shape index (κ2) is 4.73. The van der Waals surface area contributed by atoms with Crippen LogP contribution in [0, 0.1) is 20.3 Å². The minimum atomic E-state index is -0.392. The van der Waals surface area contributed by atoms with Crippen LogP contribution in [0.2, 0.25) is 0 Å². The van der Waals surface area contributed by atoms with E-state index >= 15 is 0 Å². The van der Waals surface area contributed by atoms with E-state index in [1.165, 1.54) is 6.42 Å². The van der Waals surface area contributed by atoms with Crippen LogP contribution in [0.3, 0.4) is 0 Å². The highest BCUT2D eigenvalue weighted by Gasteiger charge is 2.08. The normalized spacial score (nSPS) is 9.80. The first-order valence-electron chi connectivity index (χ1n) is 4.66. The Morgan fingerprint density at radius 1 is 1.27 bits per heavy atom. The van der Waals surface area contributed by atoms with Gasteiger partial charge in [-0.1, -0.05) is 6.92 Å². The van der Waals surface area contributed by atoms with Crippen LogP contribution in [0.1, 0.15) is 28.4 Å². The standard InChI is InChI=1S/C12H13O3/c1-4-12(14)15-11-6-8(2)10(7-13)5-9(11)3/h4-7H,1-3H3. The highest BCUT2D eigenvalue weighted by atomic mass is 16.5. The molecule has 0 saturated heterocycles. The van der Waals surface area contributed by atoms with E-state index in [-0.39, 0.29) is 0 Å². The van der Waals surface area contributed by atoms with Crippen molar-refractivity contribution in [3.8, 4) is 5.75 Å². The molecule has 0 aromatic heterocycles. The zero-order valence-corrected chi connectivity index (χ0v) is 9.03. The van der Waals surface area contributed by atoms with Gasteiger partial charge in [-0.25, -0.2) is 0 Å². The van der Waals surface area contributed by atoms with Gasteiger partial charge in [-0.05, 0) is 37.1 Å². The number of aldehydes is 1. The summed E-state index contributed by atoms with van der Waals surface area (Å²) in [4.78, 5) is 21.7. The van der Waals surface area contributed by atoms with Gasteiger partial charge in [0.05, 0.1) is 6.42 Å². The van der Waals surface area contributed by atoms with Crippen LogP contribution in [-0.4, -0.2) is 12.3 Å². The molecule has 0 unspecified atom stereocenters. The topological polar surface area (TPSA) is 43.4 Å². The van der Waals surface area contributed by atoms with Crippen LogP contribution >= 0.6 is 0 Å². The lowest BCUT2D eigenvalue weighted by atomic mass is 10.1. The number of ether oxygens (including phenoxy) is 1. The number of hydrogen-bond acceptors (Lipinski definition) is 3. The first-order chi connectivity index (χ1) is 7.08. The minimum absolute atomic E-state index is 0.392. The van der Waals surface area contributed by atoms with Gasteiger partial charge < -0.3 is 4.74 Å². The molecule has 0 bridgehead atoms. The van der Waals surface area contributed by atoms with Crippen LogP contribution in [0.5, 0.6) is 5.75 Å². The number of hydrogen-bond donors (Lipinski definition) is 0. The highest BCUT2D eigenvalue weighted by Crippen LogP contribution is 2.22. The predicted molar refractivity (Wildman–Crippen MR) is 56.9 cm³/mol. The summed E-state index contributed by atoms with van der Waals surface area (Å²) in [5, 5.41) is 0. The summed E-state index contributed by atoms with van der Waals surface area (Å²) in [5.74, 6) is 0.109. The summed E-state index contributed by atoms with van der Waals surface area (Å²) in [5.41, 5.74) is 2.19.